The van der Waals surface area contributed by atoms with Gasteiger partial charge in [-0.25, -0.2) is 0 Å². The minimum Gasteiger partial charge on any atom is -0.491 e. The van der Waals surface area contributed by atoms with E-state index in [4.69, 9.17) is 27.3 Å². The number of rotatable bonds is 24. The zero-order valence-corrected chi connectivity index (χ0v) is 37.8. The maximum Gasteiger partial charge on any atom is 0.246 e. The number of para-hydroxylation sites is 1. The van der Waals surface area contributed by atoms with Crippen molar-refractivity contribution in [2.45, 2.75) is 114 Å². The molecule has 1 aromatic heterocycles. The molecule has 14 N–H and O–H groups in total. The van der Waals surface area contributed by atoms with Gasteiger partial charge in [-0.1, -0.05) is 60.7 Å². The lowest BCUT2D eigenvalue weighted by molar-refractivity contribution is -0.138. The van der Waals surface area contributed by atoms with E-state index in [0.717, 1.165) is 27.8 Å². The molecular weight excluding hydrogens is 843 g/mol. The quantitative estimate of drug-likeness (QED) is 0.0276. The number of carbonyl (C=O) groups is 6. The molecule has 3 aromatic carbocycles. The third kappa shape index (κ3) is 14.8. The van der Waals surface area contributed by atoms with E-state index >= 15 is 0 Å². The first-order valence-electron chi connectivity index (χ1n) is 22.6. The first-order chi connectivity index (χ1) is 31.7. The van der Waals surface area contributed by atoms with Crippen molar-refractivity contribution in [1.29, 1.82) is 5.41 Å². The number of aromatic amines is 1. The summed E-state index contributed by atoms with van der Waals surface area (Å²) in [5.41, 5.74) is 18.6. The lowest BCUT2D eigenvalue weighted by Gasteiger charge is -2.40. The Bertz CT molecular complexity index is 2270. The Labute approximate surface area is 385 Å². The van der Waals surface area contributed by atoms with E-state index in [0.29, 0.717) is 44.2 Å². The standard InChI is InChI=1S/C48H65N11O7/c1-30(2)66-35-18-16-32(17-19-35)33-20-22-48(23-21-33,59-42(61)15-8-24-49)46(65)58-39(26-31-10-4-3-5-11-31)45(64)56-38(14-9-25-53-47(51)52)44(63)57-40(43(62)55-29-41(50)60)27-34-28-54-37-13-7-6-12-36(34)37/h3-7,10-13,16-19,28,30,33,38-40,54H,8-9,14-15,20-27,29,49H2,1-2H3,(H2,50,60)(H,55,62)(H,56,64)(H,57,63)(H,58,65)(H,59,61)(H4,51,52,53)/t33-,38-,39+,40-,48+/m0/s1. The van der Waals surface area contributed by atoms with E-state index in [1.165, 1.54) is 0 Å². The predicted octanol–water partition coefficient (Wildman–Crippen LogP) is 2.01. The zero-order valence-electron chi connectivity index (χ0n) is 37.8. The number of amides is 6. The number of hydrogen-bond acceptors (Lipinski definition) is 9. The van der Waals surface area contributed by atoms with Gasteiger partial charge in [0.15, 0.2) is 5.96 Å². The molecule has 4 aromatic rings. The van der Waals surface area contributed by atoms with E-state index in [-0.39, 0.29) is 62.5 Å². The van der Waals surface area contributed by atoms with Gasteiger partial charge in [-0.15, -0.1) is 0 Å². The minimum absolute atomic E-state index is 0.0252. The molecule has 1 fully saturated rings. The molecule has 0 unspecified atom stereocenters. The van der Waals surface area contributed by atoms with Crippen LogP contribution in [0, 0.1) is 5.41 Å². The number of aromatic nitrogens is 1. The lowest BCUT2D eigenvalue weighted by Crippen LogP contribution is -2.64. The SMILES string of the molecule is CC(C)Oc1ccc([C@H]2CC[C@](NC(=O)CCCN)(C(=O)N[C@H](Cc3ccccc3)C(=O)N[C@@H](CCCNC(=N)N)C(=O)N[C@@H](Cc3c[nH]c4ccccc34)C(=O)NCC(N)=O)CC2)cc1. The van der Waals surface area contributed by atoms with Crippen molar-refractivity contribution in [1.82, 2.24) is 36.9 Å². The molecule has 0 bridgehead atoms. The fourth-order valence-electron chi connectivity index (χ4n) is 8.26. The maximum absolute atomic E-state index is 14.7. The average Bonchev–Trinajstić information content (AvgIpc) is 3.70. The zero-order chi connectivity index (χ0) is 47.6. The molecule has 0 radical (unpaired) electrons. The smallest absolute Gasteiger partial charge is 0.246 e. The van der Waals surface area contributed by atoms with E-state index < -0.39 is 59.7 Å². The van der Waals surface area contributed by atoms with Crippen LogP contribution in [0.1, 0.15) is 87.8 Å². The number of fused-ring (bicyclic) bond motifs is 1. The van der Waals surface area contributed by atoms with Crippen molar-refractivity contribution >= 4 is 52.3 Å². The van der Waals surface area contributed by atoms with Crippen LogP contribution in [0.15, 0.2) is 85.1 Å². The first-order valence-corrected chi connectivity index (χ1v) is 22.6. The Hall–Kier alpha value is -6.95. The van der Waals surface area contributed by atoms with Crippen molar-refractivity contribution in [3.8, 4) is 5.75 Å². The van der Waals surface area contributed by atoms with E-state index in [1.807, 2.05) is 92.7 Å². The van der Waals surface area contributed by atoms with Gasteiger partial charge in [0.25, 0.3) is 0 Å². The summed E-state index contributed by atoms with van der Waals surface area (Å²) in [6.45, 7) is 3.95. The molecule has 66 heavy (non-hydrogen) atoms. The highest BCUT2D eigenvalue weighted by Crippen LogP contribution is 2.39. The number of nitrogens with one attached hydrogen (secondary N) is 8. The van der Waals surface area contributed by atoms with Crippen LogP contribution in [0.3, 0.4) is 0 Å². The number of H-pyrrole nitrogens is 1. The second-order valence-corrected chi connectivity index (χ2v) is 17.1. The number of guanidine groups is 1. The predicted molar refractivity (Wildman–Crippen MR) is 252 cm³/mol. The Morgan fingerprint density at radius 2 is 1.44 bits per heavy atom. The van der Waals surface area contributed by atoms with Crippen molar-refractivity contribution in [3.63, 3.8) is 0 Å². The van der Waals surface area contributed by atoms with Crippen LogP contribution in [0.25, 0.3) is 10.9 Å². The molecule has 3 atom stereocenters. The lowest BCUT2D eigenvalue weighted by atomic mass is 9.73. The van der Waals surface area contributed by atoms with Crippen LogP contribution in [0.4, 0.5) is 0 Å². The van der Waals surface area contributed by atoms with Gasteiger partial charge in [-0.05, 0) is 106 Å². The highest BCUT2D eigenvalue weighted by Gasteiger charge is 2.44. The molecule has 5 rings (SSSR count). The number of ether oxygens (including phenoxy) is 1. The monoisotopic (exact) mass is 908 g/mol. The molecular formula is C48H65N11O7. The van der Waals surface area contributed by atoms with Crippen LogP contribution < -0.4 is 53.8 Å². The van der Waals surface area contributed by atoms with Gasteiger partial charge in [-0.2, -0.15) is 0 Å². The third-order valence-corrected chi connectivity index (χ3v) is 11.7. The number of hydrogen-bond donors (Lipinski definition) is 11. The largest absolute Gasteiger partial charge is 0.491 e. The first kappa shape index (κ1) is 50.1. The van der Waals surface area contributed by atoms with Gasteiger partial charge in [0.2, 0.25) is 35.4 Å². The Balaban J connectivity index is 1.40. The topological polar surface area (TPSA) is 302 Å². The molecule has 0 aliphatic heterocycles. The fraction of sp³-hybridized carbons (Fsp3) is 0.438. The molecule has 1 heterocycles. The molecule has 1 aliphatic carbocycles. The van der Waals surface area contributed by atoms with Crippen molar-refractivity contribution in [2.24, 2.45) is 17.2 Å². The second-order valence-electron chi connectivity index (χ2n) is 17.1. The summed E-state index contributed by atoms with van der Waals surface area (Å²) in [6, 6.07) is 20.8. The fourth-order valence-corrected chi connectivity index (χ4v) is 8.26. The van der Waals surface area contributed by atoms with Gasteiger partial charge < -0.3 is 58.8 Å². The molecule has 0 spiro atoms. The number of benzene rings is 3. The van der Waals surface area contributed by atoms with Gasteiger partial charge >= 0.3 is 0 Å². The highest BCUT2D eigenvalue weighted by atomic mass is 16.5. The van der Waals surface area contributed by atoms with Gasteiger partial charge in [0.1, 0.15) is 29.4 Å². The van der Waals surface area contributed by atoms with Crippen molar-refractivity contribution in [3.05, 3.63) is 102 Å². The summed E-state index contributed by atoms with van der Waals surface area (Å²) < 4.78 is 5.83. The van der Waals surface area contributed by atoms with Crippen LogP contribution in [-0.2, 0) is 41.6 Å². The summed E-state index contributed by atoms with van der Waals surface area (Å²) in [4.78, 5) is 85.4. The molecule has 18 heteroatoms. The van der Waals surface area contributed by atoms with Crippen LogP contribution in [0.5, 0.6) is 5.75 Å². The summed E-state index contributed by atoms with van der Waals surface area (Å²) in [7, 11) is 0. The molecule has 1 saturated carbocycles. The Morgan fingerprint density at radius 1 is 0.788 bits per heavy atom. The summed E-state index contributed by atoms with van der Waals surface area (Å²) in [5, 5.41) is 25.2. The molecule has 354 valence electrons. The normalized spacial score (nSPS) is 17.1. The van der Waals surface area contributed by atoms with E-state index in [1.54, 1.807) is 6.20 Å². The van der Waals surface area contributed by atoms with Gasteiger partial charge in [0.05, 0.1) is 12.6 Å². The third-order valence-electron chi connectivity index (χ3n) is 11.7. The maximum atomic E-state index is 14.7. The minimum atomic E-state index is -1.35. The van der Waals surface area contributed by atoms with Gasteiger partial charge in [0, 0.05) is 42.9 Å². The molecule has 0 saturated heterocycles. The average molecular weight is 908 g/mol. The van der Waals surface area contributed by atoms with Crippen molar-refractivity contribution < 1.29 is 33.5 Å². The number of nitrogens with two attached hydrogens (primary N) is 3. The van der Waals surface area contributed by atoms with Crippen LogP contribution in [-0.4, -0.2) is 95.8 Å². The summed E-state index contributed by atoms with van der Waals surface area (Å²) >= 11 is 0. The number of primary amides is 1. The summed E-state index contributed by atoms with van der Waals surface area (Å²) in [5.74, 6) is -3.10. The van der Waals surface area contributed by atoms with Crippen LogP contribution >= 0.6 is 0 Å². The second kappa shape index (κ2) is 24.4. The number of carbonyl (C=O) groups excluding carboxylic acids is 6. The molecule has 18 nitrogen and oxygen atoms in total. The van der Waals surface area contributed by atoms with E-state index in [9.17, 15) is 28.8 Å². The highest BCUT2D eigenvalue weighted by molar-refractivity contribution is 5.98. The van der Waals surface area contributed by atoms with Gasteiger partial charge in [-0.3, -0.25) is 34.2 Å². The van der Waals surface area contributed by atoms with Crippen molar-refractivity contribution in [2.75, 3.05) is 19.6 Å². The van der Waals surface area contributed by atoms with Crippen LogP contribution in [0.2, 0.25) is 0 Å². The Morgan fingerprint density at radius 3 is 2.11 bits per heavy atom. The Kier molecular flexibility index (Phi) is 18.5. The summed E-state index contributed by atoms with van der Waals surface area (Å²) in [6.07, 6.45) is 4.43. The molecule has 1 aliphatic rings. The molecule has 6 amide bonds. The van der Waals surface area contributed by atoms with E-state index in [2.05, 4.69) is 36.9 Å².